The molecule has 0 spiro atoms. The molecule has 26 heavy (non-hydrogen) atoms. The van der Waals surface area contributed by atoms with Gasteiger partial charge in [-0.3, -0.25) is 4.79 Å². The maximum atomic E-state index is 13.1. The molecule has 4 rings (SSSR count). The van der Waals surface area contributed by atoms with Gasteiger partial charge in [0.2, 0.25) is 6.79 Å². The molecule has 0 aliphatic carbocycles. The number of nitrogens with zero attached hydrogens (tertiary/aromatic N) is 1. The van der Waals surface area contributed by atoms with Crippen LogP contribution in [0.5, 0.6) is 11.5 Å². The maximum Gasteiger partial charge on any atom is 0.231 e. The molecule has 0 N–H and O–H groups in total. The largest absolute Gasteiger partial charge is 0.454 e. The molecule has 4 nitrogen and oxygen atoms in total. The van der Waals surface area contributed by atoms with E-state index >= 15 is 0 Å². The highest BCUT2D eigenvalue weighted by Crippen LogP contribution is 2.37. The molecule has 0 saturated heterocycles. The highest BCUT2D eigenvalue weighted by molar-refractivity contribution is 6.13. The van der Waals surface area contributed by atoms with E-state index in [0.29, 0.717) is 16.9 Å². The number of fused-ring (bicyclic) bond motifs is 1. The Morgan fingerprint density at radius 1 is 0.885 bits per heavy atom. The Hall–Kier alpha value is -3.27. The van der Waals surface area contributed by atoms with Crippen LogP contribution in [-0.4, -0.2) is 26.7 Å². The Morgan fingerprint density at radius 3 is 2.38 bits per heavy atom. The zero-order valence-electron chi connectivity index (χ0n) is 14.7. The summed E-state index contributed by atoms with van der Waals surface area (Å²) in [5.74, 6) is 1.44. The lowest BCUT2D eigenvalue weighted by Crippen LogP contribution is -2.09. The highest BCUT2D eigenvalue weighted by atomic mass is 16.7. The molecule has 130 valence electrons. The minimum atomic E-state index is 0.00331. The first-order valence-electron chi connectivity index (χ1n) is 8.44. The van der Waals surface area contributed by atoms with E-state index in [1.165, 1.54) is 0 Å². The molecule has 0 radical (unpaired) electrons. The number of hydrogen-bond donors (Lipinski definition) is 0. The summed E-state index contributed by atoms with van der Waals surface area (Å²) in [4.78, 5) is 15.1. The van der Waals surface area contributed by atoms with Crippen molar-refractivity contribution < 1.29 is 14.3 Å². The summed E-state index contributed by atoms with van der Waals surface area (Å²) in [6.45, 7) is 0.234. The summed E-state index contributed by atoms with van der Waals surface area (Å²) in [5, 5.41) is 0. The van der Waals surface area contributed by atoms with E-state index in [2.05, 4.69) is 0 Å². The molecule has 0 fully saturated rings. The van der Waals surface area contributed by atoms with Gasteiger partial charge in [0.05, 0.1) is 0 Å². The lowest BCUT2D eigenvalue weighted by atomic mass is 9.93. The first-order valence-corrected chi connectivity index (χ1v) is 8.44. The van der Waals surface area contributed by atoms with Crippen LogP contribution in [0.25, 0.3) is 11.1 Å². The molecule has 0 saturated carbocycles. The average Bonchev–Trinajstić information content (AvgIpc) is 3.15. The second-order valence-corrected chi connectivity index (χ2v) is 6.38. The zero-order chi connectivity index (χ0) is 18.1. The Labute approximate surface area is 152 Å². The van der Waals surface area contributed by atoms with Gasteiger partial charge in [0.25, 0.3) is 0 Å². The van der Waals surface area contributed by atoms with Crippen LogP contribution >= 0.6 is 0 Å². The molecule has 4 heteroatoms. The van der Waals surface area contributed by atoms with Crippen molar-refractivity contribution in [2.45, 2.75) is 0 Å². The normalized spacial score (nSPS) is 12.1. The molecule has 3 aromatic carbocycles. The van der Waals surface area contributed by atoms with E-state index in [9.17, 15) is 4.79 Å². The number of ether oxygens (including phenoxy) is 2. The van der Waals surface area contributed by atoms with Gasteiger partial charge in [-0.05, 0) is 47.5 Å². The Kier molecular flexibility index (Phi) is 4.09. The Morgan fingerprint density at radius 2 is 1.62 bits per heavy atom. The minimum absolute atomic E-state index is 0.00331. The van der Waals surface area contributed by atoms with Crippen LogP contribution in [0.3, 0.4) is 0 Å². The Bertz CT molecular complexity index is 961. The van der Waals surface area contributed by atoms with Crippen molar-refractivity contribution in [1.29, 1.82) is 0 Å². The third-order valence-corrected chi connectivity index (χ3v) is 4.50. The third-order valence-electron chi connectivity index (χ3n) is 4.50. The minimum Gasteiger partial charge on any atom is -0.454 e. The number of hydrogen-bond acceptors (Lipinski definition) is 4. The van der Waals surface area contributed by atoms with E-state index in [-0.39, 0.29) is 12.6 Å². The standard InChI is InChI=1S/C22H19NO3/c1-23(2)17-10-7-15(8-11-17)22(24)19-6-4-3-5-18(19)16-9-12-20-21(13-16)26-14-25-20/h3-13H,14H2,1-2H3. The van der Waals surface area contributed by atoms with Gasteiger partial charge in [-0.1, -0.05) is 30.3 Å². The second kappa shape index (κ2) is 6.56. The number of carbonyl (C=O) groups is 1. The van der Waals surface area contributed by atoms with Gasteiger partial charge in [0.1, 0.15) is 0 Å². The van der Waals surface area contributed by atoms with Gasteiger partial charge in [-0.2, -0.15) is 0 Å². The predicted octanol–water partition coefficient (Wildman–Crippen LogP) is 4.38. The van der Waals surface area contributed by atoms with Gasteiger partial charge in [0.15, 0.2) is 17.3 Å². The number of ketones is 1. The topological polar surface area (TPSA) is 38.8 Å². The van der Waals surface area contributed by atoms with E-state index in [0.717, 1.165) is 22.6 Å². The molecule has 1 aliphatic heterocycles. The summed E-state index contributed by atoms with van der Waals surface area (Å²) in [7, 11) is 3.96. The zero-order valence-corrected chi connectivity index (χ0v) is 14.7. The van der Waals surface area contributed by atoms with Crippen LogP contribution in [-0.2, 0) is 0 Å². The Balaban J connectivity index is 1.72. The molecule has 0 bridgehead atoms. The lowest BCUT2D eigenvalue weighted by Gasteiger charge is -2.13. The van der Waals surface area contributed by atoms with E-state index < -0.39 is 0 Å². The molecule has 1 heterocycles. The third kappa shape index (κ3) is 2.90. The van der Waals surface area contributed by atoms with Crippen molar-refractivity contribution in [3.63, 3.8) is 0 Å². The summed E-state index contributed by atoms with van der Waals surface area (Å²) in [6.07, 6.45) is 0. The molecule has 0 amide bonds. The fraction of sp³-hybridized carbons (Fsp3) is 0.136. The van der Waals surface area contributed by atoms with Crippen LogP contribution in [0.1, 0.15) is 15.9 Å². The van der Waals surface area contributed by atoms with Crippen LogP contribution < -0.4 is 14.4 Å². The van der Waals surface area contributed by atoms with E-state index in [1.54, 1.807) is 0 Å². The van der Waals surface area contributed by atoms with Crippen molar-refractivity contribution in [3.8, 4) is 22.6 Å². The van der Waals surface area contributed by atoms with Crippen LogP contribution in [0, 0.1) is 0 Å². The van der Waals surface area contributed by atoms with Crippen molar-refractivity contribution in [3.05, 3.63) is 77.9 Å². The molecular weight excluding hydrogens is 326 g/mol. The molecule has 3 aromatic rings. The van der Waals surface area contributed by atoms with E-state index in [4.69, 9.17) is 9.47 Å². The van der Waals surface area contributed by atoms with Crippen molar-refractivity contribution in [1.82, 2.24) is 0 Å². The fourth-order valence-corrected chi connectivity index (χ4v) is 3.06. The van der Waals surface area contributed by atoms with Gasteiger partial charge < -0.3 is 14.4 Å². The quantitative estimate of drug-likeness (QED) is 0.658. The highest BCUT2D eigenvalue weighted by Gasteiger charge is 2.18. The average molecular weight is 345 g/mol. The molecular formula is C22H19NO3. The summed E-state index contributed by atoms with van der Waals surface area (Å²) >= 11 is 0. The smallest absolute Gasteiger partial charge is 0.231 e. The molecule has 1 aliphatic rings. The van der Waals surface area contributed by atoms with Gasteiger partial charge in [-0.25, -0.2) is 0 Å². The molecule has 0 unspecified atom stereocenters. The lowest BCUT2D eigenvalue weighted by molar-refractivity contribution is 0.103. The van der Waals surface area contributed by atoms with Gasteiger partial charge >= 0.3 is 0 Å². The van der Waals surface area contributed by atoms with Crippen molar-refractivity contribution in [2.75, 3.05) is 25.8 Å². The number of carbonyl (C=O) groups excluding carboxylic acids is 1. The maximum absolute atomic E-state index is 13.1. The van der Waals surface area contributed by atoms with Crippen molar-refractivity contribution >= 4 is 11.5 Å². The molecule has 0 aromatic heterocycles. The van der Waals surface area contributed by atoms with Crippen LogP contribution in [0.15, 0.2) is 66.7 Å². The summed E-state index contributed by atoms with van der Waals surface area (Å²) < 4.78 is 10.8. The summed E-state index contributed by atoms with van der Waals surface area (Å²) in [6, 6.07) is 21.0. The van der Waals surface area contributed by atoms with Gasteiger partial charge in [0, 0.05) is 30.9 Å². The number of benzene rings is 3. The summed E-state index contributed by atoms with van der Waals surface area (Å²) in [5.41, 5.74) is 4.22. The number of anilines is 1. The SMILES string of the molecule is CN(C)c1ccc(C(=O)c2ccccc2-c2ccc3c(c2)OCO3)cc1. The predicted molar refractivity (Wildman–Crippen MR) is 102 cm³/mol. The van der Waals surface area contributed by atoms with Crippen LogP contribution in [0.2, 0.25) is 0 Å². The monoisotopic (exact) mass is 345 g/mol. The number of rotatable bonds is 4. The first kappa shape index (κ1) is 16.2. The van der Waals surface area contributed by atoms with Crippen molar-refractivity contribution in [2.24, 2.45) is 0 Å². The van der Waals surface area contributed by atoms with Crippen LogP contribution in [0.4, 0.5) is 5.69 Å². The molecule has 0 atom stereocenters. The first-order chi connectivity index (χ1) is 12.6. The van der Waals surface area contributed by atoms with E-state index in [1.807, 2.05) is 85.7 Å². The second-order valence-electron chi connectivity index (χ2n) is 6.38. The van der Waals surface area contributed by atoms with Gasteiger partial charge in [-0.15, -0.1) is 0 Å². The fourth-order valence-electron chi connectivity index (χ4n) is 3.06.